The number of rotatable bonds is 4. The van der Waals surface area contributed by atoms with Crippen LogP contribution in [0, 0.1) is 6.92 Å². The fraction of sp³-hybridized carbons (Fsp3) is 0.250. The van der Waals surface area contributed by atoms with Gasteiger partial charge in [-0.3, -0.25) is 4.79 Å². The molecule has 16 heavy (non-hydrogen) atoms. The minimum atomic E-state index is -0.0690. The number of halogens is 1. The van der Waals surface area contributed by atoms with Crippen molar-refractivity contribution in [3.05, 3.63) is 46.0 Å². The second-order valence-electron chi connectivity index (χ2n) is 3.33. The fourth-order valence-electron chi connectivity index (χ4n) is 1.28. The van der Waals surface area contributed by atoms with Gasteiger partial charge in [0.25, 0.3) is 5.91 Å². The van der Waals surface area contributed by atoms with E-state index >= 15 is 0 Å². The summed E-state index contributed by atoms with van der Waals surface area (Å²) >= 11 is 3.40. The molecule has 1 rings (SSSR count). The molecule has 1 aromatic rings. The van der Waals surface area contributed by atoms with E-state index in [0.717, 1.165) is 10.0 Å². The van der Waals surface area contributed by atoms with Crippen LogP contribution in [0.1, 0.15) is 15.9 Å². The van der Waals surface area contributed by atoms with Crippen LogP contribution in [-0.2, 0) is 0 Å². The molecule has 0 radical (unpaired) electrons. The third-order valence-electron chi connectivity index (χ3n) is 2.20. The Bertz CT molecular complexity index is 402. The van der Waals surface area contributed by atoms with E-state index in [1.165, 1.54) is 0 Å². The molecule has 0 aliphatic heterocycles. The lowest BCUT2D eigenvalue weighted by molar-refractivity contribution is 0.0957. The van der Waals surface area contributed by atoms with E-state index in [0.29, 0.717) is 18.7 Å². The van der Waals surface area contributed by atoms with Crippen molar-refractivity contribution in [2.24, 2.45) is 5.73 Å². The van der Waals surface area contributed by atoms with Crippen LogP contribution in [0.5, 0.6) is 0 Å². The first-order valence-corrected chi connectivity index (χ1v) is 5.84. The van der Waals surface area contributed by atoms with E-state index in [1.807, 2.05) is 37.3 Å². The highest BCUT2D eigenvalue weighted by atomic mass is 79.9. The van der Waals surface area contributed by atoms with Gasteiger partial charge in [-0.15, -0.1) is 0 Å². The molecule has 0 fully saturated rings. The van der Waals surface area contributed by atoms with Crippen molar-refractivity contribution in [2.45, 2.75) is 6.92 Å². The van der Waals surface area contributed by atoms with E-state index in [-0.39, 0.29) is 5.91 Å². The minimum absolute atomic E-state index is 0.0690. The molecule has 0 spiro atoms. The van der Waals surface area contributed by atoms with Crippen molar-refractivity contribution in [1.82, 2.24) is 5.32 Å². The van der Waals surface area contributed by atoms with Crippen molar-refractivity contribution in [3.63, 3.8) is 0 Å². The normalized spacial score (nSPS) is 10.7. The summed E-state index contributed by atoms with van der Waals surface area (Å²) < 4.78 is 0.942. The smallest absolute Gasteiger partial charge is 0.251 e. The quantitative estimate of drug-likeness (QED) is 0.830. The van der Waals surface area contributed by atoms with E-state index < -0.39 is 0 Å². The van der Waals surface area contributed by atoms with Crippen LogP contribution in [0.4, 0.5) is 0 Å². The molecule has 0 atom stereocenters. The van der Waals surface area contributed by atoms with Gasteiger partial charge in [0.1, 0.15) is 0 Å². The van der Waals surface area contributed by atoms with Crippen molar-refractivity contribution < 1.29 is 4.79 Å². The van der Waals surface area contributed by atoms with Crippen molar-refractivity contribution in [1.29, 1.82) is 0 Å². The Labute approximate surface area is 104 Å². The Hall–Kier alpha value is -1.13. The zero-order chi connectivity index (χ0) is 12.0. The van der Waals surface area contributed by atoms with Crippen LogP contribution in [0.25, 0.3) is 0 Å². The predicted molar refractivity (Wildman–Crippen MR) is 69.4 cm³/mol. The Morgan fingerprint density at radius 1 is 1.50 bits per heavy atom. The Kier molecular flexibility index (Phi) is 5.22. The van der Waals surface area contributed by atoms with Gasteiger partial charge in [-0.1, -0.05) is 34.1 Å². The van der Waals surface area contributed by atoms with Gasteiger partial charge < -0.3 is 11.1 Å². The van der Waals surface area contributed by atoms with Gasteiger partial charge in [0.05, 0.1) is 0 Å². The molecule has 0 unspecified atom stereocenters. The zero-order valence-electron chi connectivity index (χ0n) is 9.16. The number of hydrogen-bond acceptors (Lipinski definition) is 2. The van der Waals surface area contributed by atoms with E-state index in [2.05, 4.69) is 21.2 Å². The maximum absolute atomic E-state index is 11.8. The molecular weight excluding hydrogens is 268 g/mol. The number of nitrogens with one attached hydrogen (secondary N) is 1. The molecule has 0 aliphatic rings. The topological polar surface area (TPSA) is 55.1 Å². The number of nitrogens with two attached hydrogens (primary N) is 1. The summed E-state index contributed by atoms with van der Waals surface area (Å²) in [6.07, 6.45) is 3.65. The second-order valence-corrected chi connectivity index (χ2v) is 4.18. The summed E-state index contributed by atoms with van der Waals surface area (Å²) in [7, 11) is 0. The summed E-state index contributed by atoms with van der Waals surface area (Å²) in [6, 6.07) is 5.57. The van der Waals surface area contributed by atoms with Crippen LogP contribution in [0.2, 0.25) is 0 Å². The summed E-state index contributed by atoms with van der Waals surface area (Å²) in [4.78, 5) is 11.8. The lowest BCUT2D eigenvalue weighted by atomic mass is 10.1. The number of hydrogen-bond donors (Lipinski definition) is 2. The molecule has 0 heterocycles. The Morgan fingerprint density at radius 2 is 2.25 bits per heavy atom. The van der Waals surface area contributed by atoms with E-state index in [4.69, 9.17) is 5.73 Å². The molecule has 1 aromatic carbocycles. The zero-order valence-corrected chi connectivity index (χ0v) is 10.8. The molecule has 4 heteroatoms. The maximum Gasteiger partial charge on any atom is 0.251 e. The molecule has 0 saturated carbocycles. The molecule has 0 aromatic heterocycles. The number of carbonyl (C=O) groups is 1. The number of carbonyl (C=O) groups excluding carboxylic acids is 1. The number of benzene rings is 1. The average Bonchev–Trinajstić information content (AvgIpc) is 2.28. The largest absolute Gasteiger partial charge is 0.349 e. The van der Waals surface area contributed by atoms with Crippen LogP contribution in [0.15, 0.2) is 34.8 Å². The summed E-state index contributed by atoms with van der Waals surface area (Å²) in [5.74, 6) is -0.0690. The standard InChI is InChI=1S/C12H15BrN2O/c1-9-10(5-4-6-11(9)13)12(16)15-8-3-2-7-14/h2-6H,7-8,14H2,1H3,(H,15,16)/b3-2+. The molecule has 86 valence electrons. The highest BCUT2D eigenvalue weighted by Gasteiger charge is 2.08. The van der Waals surface area contributed by atoms with Gasteiger partial charge in [-0.05, 0) is 24.6 Å². The first kappa shape index (κ1) is 12.9. The van der Waals surface area contributed by atoms with Crippen molar-refractivity contribution >= 4 is 21.8 Å². The summed E-state index contributed by atoms with van der Waals surface area (Å²) in [6.45, 7) is 2.91. The highest BCUT2D eigenvalue weighted by Crippen LogP contribution is 2.19. The Balaban J connectivity index is 2.66. The molecule has 3 nitrogen and oxygen atoms in total. The van der Waals surface area contributed by atoms with Gasteiger partial charge in [-0.2, -0.15) is 0 Å². The lowest BCUT2D eigenvalue weighted by Crippen LogP contribution is -2.24. The predicted octanol–water partition coefficient (Wildman–Crippen LogP) is 2.00. The van der Waals surface area contributed by atoms with Gasteiger partial charge in [-0.25, -0.2) is 0 Å². The average molecular weight is 283 g/mol. The molecule has 1 amide bonds. The first-order chi connectivity index (χ1) is 7.66. The van der Waals surface area contributed by atoms with Gasteiger partial charge >= 0.3 is 0 Å². The second kappa shape index (κ2) is 6.45. The third-order valence-corrected chi connectivity index (χ3v) is 3.05. The molecule has 0 aliphatic carbocycles. The Morgan fingerprint density at radius 3 is 2.94 bits per heavy atom. The van der Waals surface area contributed by atoms with E-state index in [1.54, 1.807) is 0 Å². The van der Waals surface area contributed by atoms with Crippen LogP contribution < -0.4 is 11.1 Å². The first-order valence-electron chi connectivity index (χ1n) is 5.05. The van der Waals surface area contributed by atoms with Crippen LogP contribution >= 0.6 is 15.9 Å². The molecular formula is C12H15BrN2O. The van der Waals surface area contributed by atoms with E-state index in [9.17, 15) is 4.79 Å². The van der Waals surface area contributed by atoms with Crippen molar-refractivity contribution in [3.8, 4) is 0 Å². The van der Waals surface area contributed by atoms with Crippen molar-refractivity contribution in [2.75, 3.05) is 13.1 Å². The molecule has 3 N–H and O–H groups in total. The molecule has 0 saturated heterocycles. The summed E-state index contributed by atoms with van der Waals surface area (Å²) in [5, 5.41) is 2.80. The fourth-order valence-corrected chi connectivity index (χ4v) is 1.65. The SMILES string of the molecule is Cc1c(Br)cccc1C(=O)NC/C=C/CN. The number of amides is 1. The van der Waals surface area contributed by atoms with Crippen LogP contribution in [-0.4, -0.2) is 19.0 Å². The van der Waals surface area contributed by atoms with Crippen LogP contribution in [0.3, 0.4) is 0 Å². The third kappa shape index (κ3) is 3.47. The van der Waals surface area contributed by atoms with Gasteiger partial charge in [0, 0.05) is 23.1 Å². The molecule has 0 bridgehead atoms. The minimum Gasteiger partial charge on any atom is -0.349 e. The summed E-state index contributed by atoms with van der Waals surface area (Å²) in [5.41, 5.74) is 6.93. The lowest BCUT2D eigenvalue weighted by Gasteiger charge is -2.07. The highest BCUT2D eigenvalue weighted by molar-refractivity contribution is 9.10. The monoisotopic (exact) mass is 282 g/mol. The maximum atomic E-state index is 11.8. The van der Waals surface area contributed by atoms with Gasteiger partial charge in [0.15, 0.2) is 0 Å². The van der Waals surface area contributed by atoms with Gasteiger partial charge in [0.2, 0.25) is 0 Å².